The van der Waals surface area contributed by atoms with E-state index >= 15 is 0 Å². The van der Waals surface area contributed by atoms with E-state index in [-0.39, 0.29) is 5.56 Å². The average molecular weight is 472 g/mol. The molecule has 0 saturated carbocycles. The summed E-state index contributed by atoms with van der Waals surface area (Å²) in [5, 5.41) is 8.81. The van der Waals surface area contributed by atoms with E-state index in [0.29, 0.717) is 23.7 Å². The predicted molar refractivity (Wildman–Crippen MR) is 130 cm³/mol. The molecule has 174 valence electrons. The van der Waals surface area contributed by atoms with E-state index in [9.17, 15) is 8.78 Å². The minimum Gasteiger partial charge on any atom is -0.497 e. The fraction of sp³-hybridized carbons (Fsp3) is 0.346. The molecule has 0 bridgehead atoms. The maximum Gasteiger partial charge on any atom is 0.130 e. The van der Waals surface area contributed by atoms with E-state index in [1.54, 1.807) is 19.4 Å². The maximum absolute atomic E-state index is 13.7. The Morgan fingerprint density at radius 1 is 1.21 bits per heavy atom. The van der Waals surface area contributed by atoms with Crippen LogP contribution in [-0.4, -0.2) is 37.3 Å². The Balaban J connectivity index is 1.26. The summed E-state index contributed by atoms with van der Waals surface area (Å²) in [4.78, 5) is 4.43. The number of halogens is 3. The molecular weight excluding hydrogens is 444 g/mol. The lowest BCUT2D eigenvalue weighted by Gasteiger charge is -2.30. The first-order valence-electron chi connectivity index (χ1n) is 11.2. The number of hydrogen-bond acceptors (Lipinski definition) is 4. The first-order valence-corrected chi connectivity index (χ1v) is 11.6. The number of pyridine rings is 1. The lowest BCUT2D eigenvalue weighted by atomic mass is 9.94. The van der Waals surface area contributed by atoms with Crippen molar-refractivity contribution in [2.75, 3.05) is 20.2 Å². The summed E-state index contributed by atoms with van der Waals surface area (Å²) in [6.45, 7) is 1.47. The molecule has 33 heavy (non-hydrogen) atoms. The molecule has 2 aromatic carbocycles. The van der Waals surface area contributed by atoms with Gasteiger partial charge in [0.25, 0.3) is 0 Å². The lowest BCUT2D eigenvalue weighted by molar-refractivity contribution is 0.321. The SMILES string of the molecule is COc1ccc2ncc(Cl)c(CCC3CCC(NCC=Cc4cc(F)ccc4F)CN3)c2c1. The highest BCUT2D eigenvalue weighted by atomic mass is 35.5. The Hall–Kier alpha value is -2.54. The van der Waals surface area contributed by atoms with Gasteiger partial charge in [-0.2, -0.15) is 0 Å². The maximum atomic E-state index is 13.7. The van der Waals surface area contributed by atoms with Crippen LogP contribution in [0.2, 0.25) is 5.02 Å². The average Bonchev–Trinajstić information content (AvgIpc) is 2.83. The van der Waals surface area contributed by atoms with E-state index in [2.05, 4.69) is 15.6 Å². The molecule has 2 atom stereocenters. The molecule has 2 unspecified atom stereocenters. The second-order valence-electron chi connectivity index (χ2n) is 8.36. The number of ether oxygens (including phenoxy) is 1. The van der Waals surface area contributed by atoms with Gasteiger partial charge in [0.05, 0.1) is 17.6 Å². The Bertz CT molecular complexity index is 1130. The third-order valence-electron chi connectivity index (χ3n) is 6.17. The Morgan fingerprint density at radius 2 is 2.09 bits per heavy atom. The first-order chi connectivity index (χ1) is 16.0. The van der Waals surface area contributed by atoms with Gasteiger partial charge < -0.3 is 15.4 Å². The molecular formula is C26H28ClF2N3O. The molecule has 1 fully saturated rings. The number of hydrogen-bond donors (Lipinski definition) is 2. The van der Waals surface area contributed by atoms with E-state index in [4.69, 9.17) is 16.3 Å². The third kappa shape index (κ3) is 6.08. The zero-order valence-electron chi connectivity index (χ0n) is 18.6. The third-order valence-corrected chi connectivity index (χ3v) is 6.50. The molecule has 1 aliphatic rings. The topological polar surface area (TPSA) is 46.2 Å². The molecule has 1 aliphatic heterocycles. The van der Waals surface area contributed by atoms with Crippen LogP contribution in [0.5, 0.6) is 5.75 Å². The van der Waals surface area contributed by atoms with Crippen LogP contribution in [-0.2, 0) is 6.42 Å². The summed E-state index contributed by atoms with van der Waals surface area (Å²) < 4.78 is 32.3. The van der Waals surface area contributed by atoms with Crippen LogP contribution in [0.1, 0.15) is 30.4 Å². The van der Waals surface area contributed by atoms with Crippen molar-refractivity contribution in [3.05, 3.63) is 76.5 Å². The van der Waals surface area contributed by atoms with Gasteiger partial charge in [-0.1, -0.05) is 23.8 Å². The molecule has 0 aliphatic carbocycles. The minimum atomic E-state index is -0.438. The van der Waals surface area contributed by atoms with Crippen molar-refractivity contribution < 1.29 is 13.5 Å². The molecule has 1 aromatic heterocycles. The first kappa shape index (κ1) is 23.6. The molecule has 0 spiro atoms. The van der Waals surface area contributed by atoms with Crippen LogP contribution in [0.25, 0.3) is 17.0 Å². The zero-order chi connectivity index (χ0) is 23.2. The number of nitrogens with one attached hydrogen (secondary N) is 2. The van der Waals surface area contributed by atoms with Crippen molar-refractivity contribution in [1.29, 1.82) is 0 Å². The summed E-state index contributed by atoms with van der Waals surface area (Å²) in [5.41, 5.74) is 2.29. The number of piperidine rings is 1. The molecule has 4 nitrogen and oxygen atoms in total. The normalized spacial score (nSPS) is 18.8. The van der Waals surface area contributed by atoms with Crippen LogP contribution in [0.4, 0.5) is 8.78 Å². The Kier molecular flexibility index (Phi) is 7.91. The van der Waals surface area contributed by atoms with Crippen molar-refractivity contribution in [3.8, 4) is 5.75 Å². The summed E-state index contributed by atoms with van der Waals surface area (Å²) in [7, 11) is 1.66. The van der Waals surface area contributed by atoms with Gasteiger partial charge in [0.2, 0.25) is 0 Å². The fourth-order valence-electron chi connectivity index (χ4n) is 4.30. The summed E-state index contributed by atoms with van der Waals surface area (Å²) in [5.74, 6) is -0.0613. The summed E-state index contributed by atoms with van der Waals surface area (Å²) >= 11 is 6.49. The van der Waals surface area contributed by atoms with E-state index < -0.39 is 11.6 Å². The van der Waals surface area contributed by atoms with E-state index in [1.165, 1.54) is 6.07 Å². The van der Waals surface area contributed by atoms with Crippen LogP contribution in [0, 0.1) is 11.6 Å². The second-order valence-corrected chi connectivity index (χ2v) is 8.77. The standard InChI is InChI=1S/C26H28ClF2N3O/c1-33-21-8-11-26-23(14-21)22(24(27)16-32-26)9-7-19-5-6-20(15-31-19)30-12-2-3-17-13-18(28)4-10-25(17)29/h2-4,8,10-11,13-14,16,19-20,30-31H,5-7,9,12,15H2,1H3. The molecule has 1 saturated heterocycles. The van der Waals surface area contributed by atoms with Crippen LogP contribution >= 0.6 is 11.6 Å². The molecule has 4 rings (SSSR count). The molecule has 2 heterocycles. The smallest absolute Gasteiger partial charge is 0.130 e. The van der Waals surface area contributed by atoms with Crippen molar-refractivity contribution in [2.24, 2.45) is 0 Å². The van der Waals surface area contributed by atoms with E-state index in [1.807, 2.05) is 24.3 Å². The second kappa shape index (κ2) is 11.1. The Morgan fingerprint density at radius 3 is 2.88 bits per heavy atom. The van der Waals surface area contributed by atoms with Crippen molar-refractivity contribution >= 4 is 28.6 Å². The predicted octanol–water partition coefficient (Wildman–Crippen LogP) is 5.53. The van der Waals surface area contributed by atoms with Gasteiger partial charge in [-0.15, -0.1) is 0 Å². The highest BCUT2D eigenvalue weighted by molar-refractivity contribution is 6.32. The molecule has 2 N–H and O–H groups in total. The number of methoxy groups -OCH3 is 1. The zero-order valence-corrected chi connectivity index (χ0v) is 19.3. The highest BCUT2D eigenvalue weighted by Gasteiger charge is 2.20. The quantitative estimate of drug-likeness (QED) is 0.453. The monoisotopic (exact) mass is 471 g/mol. The summed E-state index contributed by atoms with van der Waals surface area (Å²) in [6.07, 6.45) is 9.13. The van der Waals surface area contributed by atoms with Gasteiger partial charge in [-0.3, -0.25) is 4.98 Å². The number of aryl methyl sites for hydroxylation is 1. The van der Waals surface area contributed by atoms with E-state index in [0.717, 1.165) is 66.6 Å². The van der Waals surface area contributed by atoms with Crippen molar-refractivity contribution in [1.82, 2.24) is 15.6 Å². The largest absolute Gasteiger partial charge is 0.497 e. The number of nitrogens with zero attached hydrogens (tertiary/aromatic N) is 1. The van der Waals surface area contributed by atoms with Crippen molar-refractivity contribution in [2.45, 2.75) is 37.8 Å². The van der Waals surface area contributed by atoms with Crippen LogP contribution in [0.3, 0.4) is 0 Å². The number of benzene rings is 2. The minimum absolute atomic E-state index is 0.263. The number of rotatable bonds is 8. The molecule has 0 amide bonds. The summed E-state index contributed by atoms with van der Waals surface area (Å²) in [6, 6.07) is 10.1. The van der Waals surface area contributed by atoms with Crippen LogP contribution in [0.15, 0.2) is 48.7 Å². The Labute approximate surface area is 198 Å². The molecule has 0 radical (unpaired) electrons. The molecule has 3 aromatic rings. The van der Waals surface area contributed by atoms with Crippen molar-refractivity contribution in [3.63, 3.8) is 0 Å². The fourth-order valence-corrected chi connectivity index (χ4v) is 4.55. The van der Waals surface area contributed by atoms with Gasteiger partial charge in [0.1, 0.15) is 17.4 Å². The number of aromatic nitrogens is 1. The van der Waals surface area contributed by atoms with Gasteiger partial charge in [0.15, 0.2) is 0 Å². The molecule has 7 heteroatoms. The van der Waals surface area contributed by atoms with Crippen LogP contribution < -0.4 is 15.4 Å². The lowest BCUT2D eigenvalue weighted by Crippen LogP contribution is -2.48. The van der Waals surface area contributed by atoms with Gasteiger partial charge in [-0.05, 0) is 67.6 Å². The van der Waals surface area contributed by atoms with Gasteiger partial charge >= 0.3 is 0 Å². The number of fused-ring (bicyclic) bond motifs is 1. The highest BCUT2D eigenvalue weighted by Crippen LogP contribution is 2.29. The van der Waals surface area contributed by atoms with Gasteiger partial charge in [0, 0.05) is 42.3 Å². The van der Waals surface area contributed by atoms with Gasteiger partial charge in [-0.25, -0.2) is 8.78 Å².